The first-order valence-electron chi connectivity index (χ1n) is 7.64. The van der Waals surface area contributed by atoms with Gasteiger partial charge in [0.05, 0.1) is 13.1 Å². The Morgan fingerprint density at radius 2 is 1.83 bits per heavy atom. The van der Waals surface area contributed by atoms with Gasteiger partial charge in [0, 0.05) is 12.7 Å². The Kier molecular flexibility index (Phi) is 4.66. The van der Waals surface area contributed by atoms with E-state index in [1.807, 2.05) is 66.5 Å². The number of hydrogen-bond donors (Lipinski definition) is 1. The summed E-state index contributed by atoms with van der Waals surface area (Å²) in [5.74, 6) is 1.43. The van der Waals surface area contributed by atoms with Gasteiger partial charge in [-0.25, -0.2) is 0 Å². The molecule has 1 amide bonds. The fourth-order valence-corrected chi connectivity index (χ4v) is 2.44. The lowest BCUT2D eigenvalue weighted by Crippen LogP contribution is -2.43. The summed E-state index contributed by atoms with van der Waals surface area (Å²) in [5.41, 5.74) is 1.01. The maximum absolute atomic E-state index is 12.1. The van der Waals surface area contributed by atoms with Gasteiger partial charge in [-0.2, -0.15) is 0 Å². The third-order valence-electron chi connectivity index (χ3n) is 3.67. The predicted octanol–water partition coefficient (Wildman–Crippen LogP) is 2.08. The molecule has 0 aromatic heterocycles. The van der Waals surface area contributed by atoms with Crippen LogP contribution < -0.4 is 19.7 Å². The molecule has 1 aliphatic rings. The van der Waals surface area contributed by atoms with Crippen LogP contribution in [0.2, 0.25) is 0 Å². The summed E-state index contributed by atoms with van der Waals surface area (Å²) in [4.78, 5) is 14.0. The van der Waals surface area contributed by atoms with Crippen molar-refractivity contribution in [1.82, 2.24) is 5.32 Å². The van der Waals surface area contributed by atoms with Crippen LogP contribution in [0.3, 0.4) is 0 Å². The van der Waals surface area contributed by atoms with Gasteiger partial charge in [-0.15, -0.1) is 0 Å². The van der Waals surface area contributed by atoms with Gasteiger partial charge in [-0.05, 0) is 24.3 Å². The number of likely N-dealkylation sites (N-methyl/N-ethyl adjacent to an activating group) is 1. The Labute approximate surface area is 135 Å². The van der Waals surface area contributed by atoms with Gasteiger partial charge < -0.3 is 19.7 Å². The summed E-state index contributed by atoms with van der Waals surface area (Å²) >= 11 is 0. The highest BCUT2D eigenvalue weighted by atomic mass is 16.6. The normalized spacial score (nSPS) is 15.8. The molecule has 23 heavy (non-hydrogen) atoms. The zero-order valence-corrected chi connectivity index (χ0v) is 13.1. The number of nitrogens with zero attached hydrogens (tertiary/aromatic N) is 1. The summed E-state index contributed by atoms with van der Waals surface area (Å²) in [6, 6.07) is 17.4. The second kappa shape index (κ2) is 7.05. The second-order valence-corrected chi connectivity index (χ2v) is 5.49. The molecule has 1 heterocycles. The van der Waals surface area contributed by atoms with Crippen LogP contribution in [0.1, 0.15) is 0 Å². The molecule has 2 aromatic carbocycles. The zero-order chi connectivity index (χ0) is 16.1. The molecule has 0 bridgehead atoms. The third-order valence-corrected chi connectivity index (χ3v) is 3.67. The molecule has 0 saturated heterocycles. The average Bonchev–Trinajstić information content (AvgIpc) is 2.60. The fourth-order valence-electron chi connectivity index (χ4n) is 2.44. The van der Waals surface area contributed by atoms with Crippen LogP contribution in [0.25, 0.3) is 0 Å². The molecule has 5 nitrogen and oxygen atoms in total. The highest BCUT2D eigenvalue weighted by molar-refractivity contribution is 5.81. The van der Waals surface area contributed by atoms with E-state index in [0.717, 1.165) is 17.2 Å². The molecule has 0 spiro atoms. The molecular formula is C18H20N2O3. The standard InChI is InChI=1S/C18H20N2O3/c1-20(14-7-3-2-4-8-14)12-18(21)19-11-15-13-22-16-9-5-6-10-17(16)23-15/h2-10,15H,11-13H2,1H3,(H,19,21). The van der Waals surface area contributed by atoms with Crippen LogP contribution >= 0.6 is 0 Å². The van der Waals surface area contributed by atoms with Gasteiger partial charge in [-0.3, -0.25) is 4.79 Å². The molecule has 1 aliphatic heterocycles. The Morgan fingerprint density at radius 3 is 2.61 bits per heavy atom. The topological polar surface area (TPSA) is 50.8 Å². The van der Waals surface area contributed by atoms with Crippen molar-refractivity contribution in [3.05, 3.63) is 54.6 Å². The molecule has 5 heteroatoms. The zero-order valence-electron chi connectivity index (χ0n) is 13.1. The molecule has 1 N–H and O–H groups in total. The number of rotatable bonds is 5. The van der Waals surface area contributed by atoms with Crippen molar-refractivity contribution in [2.75, 3.05) is 31.6 Å². The van der Waals surface area contributed by atoms with Crippen molar-refractivity contribution in [3.8, 4) is 11.5 Å². The number of ether oxygens (including phenoxy) is 2. The van der Waals surface area contributed by atoms with Gasteiger partial charge in [0.2, 0.25) is 5.91 Å². The maximum atomic E-state index is 12.1. The highest BCUT2D eigenvalue weighted by Gasteiger charge is 2.21. The summed E-state index contributed by atoms with van der Waals surface area (Å²) in [7, 11) is 1.89. The average molecular weight is 312 g/mol. The molecule has 1 atom stereocenters. The first-order valence-corrected chi connectivity index (χ1v) is 7.64. The minimum absolute atomic E-state index is 0.0428. The number of nitrogens with one attached hydrogen (secondary N) is 1. The Morgan fingerprint density at radius 1 is 1.13 bits per heavy atom. The Hall–Kier alpha value is -2.69. The third kappa shape index (κ3) is 3.94. The van der Waals surface area contributed by atoms with Gasteiger partial charge >= 0.3 is 0 Å². The van der Waals surface area contributed by atoms with Crippen molar-refractivity contribution in [3.63, 3.8) is 0 Å². The molecule has 0 aliphatic carbocycles. The lowest BCUT2D eigenvalue weighted by molar-refractivity contribution is -0.120. The van der Waals surface area contributed by atoms with E-state index in [4.69, 9.17) is 9.47 Å². The van der Waals surface area contributed by atoms with Crippen molar-refractivity contribution in [2.24, 2.45) is 0 Å². The minimum Gasteiger partial charge on any atom is -0.486 e. The molecule has 1 unspecified atom stereocenters. The van der Waals surface area contributed by atoms with E-state index in [2.05, 4.69) is 5.32 Å². The Balaban J connectivity index is 1.47. The monoisotopic (exact) mass is 312 g/mol. The van der Waals surface area contributed by atoms with E-state index in [0.29, 0.717) is 19.7 Å². The fraction of sp³-hybridized carbons (Fsp3) is 0.278. The molecule has 0 saturated carbocycles. The highest BCUT2D eigenvalue weighted by Crippen LogP contribution is 2.30. The number of carbonyl (C=O) groups excluding carboxylic acids is 1. The predicted molar refractivity (Wildman–Crippen MR) is 89.1 cm³/mol. The molecule has 3 rings (SSSR count). The number of benzene rings is 2. The van der Waals surface area contributed by atoms with Crippen LogP contribution in [0.4, 0.5) is 5.69 Å². The van der Waals surface area contributed by atoms with Crippen molar-refractivity contribution in [2.45, 2.75) is 6.10 Å². The van der Waals surface area contributed by atoms with Crippen molar-refractivity contribution in [1.29, 1.82) is 0 Å². The number of fused-ring (bicyclic) bond motifs is 1. The number of carbonyl (C=O) groups is 1. The van der Waals surface area contributed by atoms with E-state index >= 15 is 0 Å². The number of para-hydroxylation sites is 3. The molecule has 0 radical (unpaired) electrons. The van der Waals surface area contributed by atoms with Crippen LogP contribution in [0.15, 0.2) is 54.6 Å². The van der Waals surface area contributed by atoms with Gasteiger partial charge in [0.15, 0.2) is 11.5 Å². The summed E-state index contributed by atoms with van der Waals surface area (Å²) in [5, 5.41) is 2.90. The van der Waals surface area contributed by atoms with E-state index in [-0.39, 0.29) is 12.0 Å². The largest absolute Gasteiger partial charge is 0.486 e. The van der Waals surface area contributed by atoms with Crippen LogP contribution in [0.5, 0.6) is 11.5 Å². The van der Waals surface area contributed by atoms with Crippen molar-refractivity contribution < 1.29 is 14.3 Å². The summed E-state index contributed by atoms with van der Waals surface area (Å²) < 4.78 is 11.5. The number of hydrogen-bond acceptors (Lipinski definition) is 4. The molecule has 2 aromatic rings. The SMILES string of the molecule is CN(CC(=O)NCC1COc2ccccc2O1)c1ccccc1. The quantitative estimate of drug-likeness (QED) is 0.918. The lowest BCUT2D eigenvalue weighted by atomic mass is 10.2. The first-order chi connectivity index (χ1) is 11.2. The Bertz CT molecular complexity index is 660. The van der Waals surface area contributed by atoms with E-state index < -0.39 is 0 Å². The summed E-state index contributed by atoms with van der Waals surface area (Å²) in [6.07, 6.45) is -0.170. The lowest BCUT2D eigenvalue weighted by Gasteiger charge is -2.27. The first kappa shape index (κ1) is 15.2. The van der Waals surface area contributed by atoms with Gasteiger partial charge in [-0.1, -0.05) is 30.3 Å². The van der Waals surface area contributed by atoms with Crippen LogP contribution in [0, 0.1) is 0 Å². The van der Waals surface area contributed by atoms with Gasteiger partial charge in [0.1, 0.15) is 12.7 Å². The minimum atomic E-state index is -0.170. The van der Waals surface area contributed by atoms with E-state index in [1.54, 1.807) is 0 Å². The van der Waals surface area contributed by atoms with Crippen LogP contribution in [-0.4, -0.2) is 38.8 Å². The van der Waals surface area contributed by atoms with Crippen LogP contribution in [-0.2, 0) is 4.79 Å². The van der Waals surface area contributed by atoms with E-state index in [9.17, 15) is 4.79 Å². The van der Waals surface area contributed by atoms with Crippen molar-refractivity contribution >= 4 is 11.6 Å². The van der Waals surface area contributed by atoms with Gasteiger partial charge in [0.25, 0.3) is 0 Å². The number of anilines is 1. The number of amides is 1. The smallest absolute Gasteiger partial charge is 0.239 e. The maximum Gasteiger partial charge on any atom is 0.239 e. The molecular weight excluding hydrogens is 292 g/mol. The molecule has 0 fully saturated rings. The molecule has 120 valence electrons. The van der Waals surface area contributed by atoms with E-state index in [1.165, 1.54) is 0 Å². The second-order valence-electron chi connectivity index (χ2n) is 5.49. The summed E-state index contributed by atoms with van der Waals surface area (Å²) in [6.45, 7) is 1.16.